The fraction of sp³-hybridized carbons (Fsp3) is 0.182. The minimum atomic E-state index is -0.0559. The number of likely N-dealkylation sites (N-methyl/N-ethyl adjacent to an activating group) is 1. The highest BCUT2D eigenvalue weighted by Crippen LogP contribution is 2.23. The number of benzene rings is 2. The summed E-state index contributed by atoms with van der Waals surface area (Å²) in [6.07, 6.45) is 5.91. The van der Waals surface area contributed by atoms with Crippen molar-refractivity contribution in [2.75, 3.05) is 7.05 Å². The zero-order valence-electron chi connectivity index (χ0n) is 15.1. The molecule has 0 fully saturated rings. The summed E-state index contributed by atoms with van der Waals surface area (Å²) in [5.41, 5.74) is 3.11. The van der Waals surface area contributed by atoms with Crippen molar-refractivity contribution in [1.29, 1.82) is 5.26 Å². The van der Waals surface area contributed by atoms with Crippen LogP contribution in [0.5, 0.6) is 0 Å². The number of amides is 1. The Kier molecular flexibility index (Phi) is 6.10. The molecule has 1 aromatic heterocycles. The Hall–Kier alpha value is -2.84. The lowest BCUT2D eigenvalue weighted by molar-refractivity contribution is -0.125. The molecule has 27 heavy (non-hydrogen) atoms. The van der Waals surface area contributed by atoms with Gasteiger partial charge in [-0.2, -0.15) is 5.26 Å². The lowest BCUT2D eigenvalue weighted by atomic mass is 10.1. The van der Waals surface area contributed by atoms with Gasteiger partial charge in [-0.15, -0.1) is 0 Å². The number of carbonyl (C=O) groups excluding carboxylic acids is 1. The number of fused-ring (bicyclic) bond motifs is 1. The second-order valence-corrected chi connectivity index (χ2v) is 7.18. The summed E-state index contributed by atoms with van der Waals surface area (Å²) in [4.78, 5) is 14.2. The Labute approximate surface area is 167 Å². The van der Waals surface area contributed by atoms with Crippen LogP contribution in [-0.4, -0.2) is 22.4 Å². The van der Waals surface area contributed by atoms with Gasteiger partial charge in [-0.25, -0.2) is 0 Å². The molecular formula is C22H20BrN3O. The zero-order valence-corrected chi connectivity index (χ0v) is 16.7. The van der Waals surface area contributed by atoms with E-state index in [-0.39, 0.29) is 5.91 Å². The van der Waals surface area contributed by atoms with Gasteiger partial charge >= 0.3 is 0 Å². The van der Waals surface area contributed by atoms with Gasteiger partial charge in [0.05, 0.1) is 12.5 Å². The molecule has 5 heteroatoms. The lowest BCUT2D eigenvalue weighted by Crippen LogP contribution is -2.24. The molecule has 2 aromatic carbocycles. The van der Waals surface area contributed by atoms with Crippen molar-refractivity contribution in [1.82, 2.24) is 9.47 Å². The standard InChI is InChI=1S/C22H20BrN3O/c1-25(15-18-7-2-4-9-20(18)23)22(27)12-11-17-16-26(14-6-13-24)21-10-5-3-8-19(17)21/h2-5,7-12,16H,6,14-15H2,1H3/b12-11+. The molecule has 0 radical (unpaired) electrons. The highest BCUT2D eigenvalue weighted by atomic mass is 79.9. The van der Waals surface area contributed by atoms with Crippen LogP contribution in [-0.2, 0) is 17.9 Å². The van der Waals surface area contributed by atoms with Crippen molar-refractivity contribution in [3.8, 4) is 6.07 Å². The smallest absolute Gasteiger partial charge is 0.246 e. The number of halogens is 1. The maximum Gasteiger partial charge on any atom is 0.246 e. The summed E-state index contributed by atoms with van der Waals surface area (Å²) in [5, 5.41) is 9.93. The van der Waals surface area contributed by atoms with Crippen molar-refractivity contribution < 1.29 is 4.79 Å². The van der Waals surface area contributed by atoms with E-state index in [1.54, 1.807) is 18.0 Å². The van der Waals surface area contributed by atoms with E-state index in [4.69, 9.17) is 5.26 Å². The molecule has 136 valence electrons. The normalized spacial score (nSPS) is 11.0. The maximum absolute atomic E-state index is 12.5. The number of nitriles is 1. The van der Waals surface area contributed by atoms with Gasteiger partial charge in [0.2, 0.25) is 5.91 Å². The minimum absolute atomic E-state index is 0.0559. The van der Waals surface area contributed by atoms with Crippen LogP contribution in [0.15, 0.2) is 65.3 Å². The van der Waals surface area contributed by atoms with Gasteiger partial charge in [-0.05, 0) is 23.8 Å². The van der Waals surface area contributed by atoms with Crippen LogP contribution in [0.4, 0.5) is 0 Å². The summed E-state index contributed by atoms with van der Waals surface area (Å²) >= 11 is 3.52. The van der Waals surface area contributed by atoms with E-state index in [1.165, 1.54) is 0 Å². The highest BCUT2D eigenvalue weighted by Gasteiger charge is 2.10. The zero-order chi connectivity index (χ0) is 19.2. The Bertz CT molecular complexity index is 1030. The molecule has 0 saturated carbocycles. The highest BCUT2D eigenvalue weighted by molar-refractivity contribution is 9.10. The third kappa shape index (κ3) is 4.47. The molecule has 0 saturated heterocycles. The monoisotopic (exact) mass is 421 g/mol. The number of aryl methyl sites for hydroxylation is 1. The van der Waals surface area contributed by atoms with E-state index in [2.05, 4.69) is 26.6 Å². The maximum atomic E-state index is 12.5. The van der Waals surface area contributed by atoms with Crippen molar-refractivity contribution in [3.05, 3.63) is 76.4 Å². The number of hydrogen-bond donors (Lipinski definition) is 0. The van der Waals surface area contributed by atoms with Crippen LogP contribution in [0.1, 0.15) is 17.5 Å². The molecule has 0 atom stereocenters. The van der Waals surface area contributed by atoms with Crippen molar-refractivity contribution in [2.45, 2.75) is 19.5 Å². The van der Waals surface area contributed by atoms with E-state index in [0.717, 1.165) is 26.5 Å². The van der Waals surface area contributed by atoms with Gasteiger partial charge in [-0.1, -0.05) is 52.3 Å². The van der Waals surface area contributed by atoms with Crippen LogP contribution in [0, 0.1) is 11.3 Å². The molecule has 0 aliphatic rings. The van der Waals surface area contributed by atoms with Crippen LogP contribution in [0.2, 0.25) is 0 Å². The first-order valence-corrected chi connectivity index (χ1v) is 9.51. The number of aromatic nitrogens is 1. The molecule has 0 aliphatic heterocycles. The summed E-state index contributed by atoms with van der Waals surface area (Å²) < 4.78 is 3.06. The average Bonchev–Trinajstić information content (AvgIpc) is 3.04. The fourth-order valence-corrected chi connectivity index (χ4v) is 3.42. The first kappa shape index (κ1) is 18.9. The number of rotatable bonds is 6. The van der Waals surface area contributed by atoms with E-state index in [9.17, 15) is 4.79 Å². The van der Waals surface area contributed by atoms with Gasteiger partial charge in [0.1, 0.15) is 0 Å². The van der Waals surface area contributed by atoms with E-state index in [0.29, 0.717) is 19.5 Å². The Balaban J connectivity index is 1.78. The number of carbonyl (C=O) groups is 1. The van der Waals surface area contributed by atoms with E-state index in [1.807, 2.05) is 60.8 Å². The van der Waals surface area contributed by atoms with E-state index >= 15 is 0 Å². The summed E-state index contributed by atoms with van der Waals surface area (Å²) in [5.74, 6) is -0.0559. The second kappa shape index (κ2) is 8.70. The largest absolute Gasteiger partial charge is 0.346 e. The Morgan fingerprint density at radius 3 is 2.74 bits per heavy atom. The molecular weight excluding hydrogens is 402 g/mol. The SMILES string of the molecule is CN(Cc1ccccc1Br)C(=O)/C=C/c1cn(CCC#N)c2ccccc12. The molecule has 0 spiro atoms. The quantitative estimate of drug-likeness (QED) is 0.526. The first-order valence-electron chi connectivity index (χ1n) is 8.71. The van der Waals surface area contributed by atoms with Crippen molar-refractivity contribution in [2.24, 2.45) is 0 Å². The van der Waals surface area contributed by atoms with Gasteiger partial charge < -0.3 is 9.47 Å². The number of hydrogen-bond acceptors (Lipinski definition) is 2. The topological polar surface area (TPSA) is 49.0 Å². The van der Waals surface area contributed by atoms with Gasteiger partial charge in [0.15, 0.2) is 0 Å². The molecule has 0 aliphatic carbocycles. The third-order valence-corrected chi connectivity index (χ3v) is 5.20. The lowest BCUT2D eigenvalue weighted by Gasteiger charge is -2.16. The molecule has 0 bridgehead atoms. The van der Waals surface area contributed by atoms with Crippen LogP contribution < -0.4 is 0 Å². The average molecular weight is 422 g/mol. The fourth-order valence-electron chi connectivity index (χ4n) is 3.01. The van der Waals surface area contributed by atoms with Crippen molar-refractivity contribution in [3.63, 3.8) is 0 Å². The van der Waals surface area contributed by atoms with Crippen LogP contribution in [0.3, 0.4) is 0 Å². The van der Waals surface area contributed by atoms with Gasteiger partial charge in [0.25, 0.3) is 0 Å². The van der Waals surface area contributed by atoms with Crippen molar-refractivity contribution >= 4 is 38.8 Å². The van der Waals surface area contributed by atoms with Crippen LogP contribution >= 0.6 is 15.9 Å². The van der Waals surface area contributed by atoms with E-state index < -0.39 is 0 Å². The van der Waals surface area contributed by atoms with Gasteiger partial charge in [0, 0.05) is 53.3 Å². The van der Waals surface area contributed by atoms with Gasteiger partial charge in [-0.3, -0.25) is 4.79 Å². The summed E-state index contributed by atoms with van der Waals surface area (Å²) in [7, 11) is 1.79. The molecule has 0 unspecified atom stereocenters. The summed E-state index contributed by atoms with van der Waals surface area (Å²) in [6, 6.07) is 18.1. The third-order valence-electron chi connectivity index (χ3n) is 4.43. The first-order chi connectivity index (χ1) is 13.1. The molecule has 4 nitrogen and oxygen atoms in total. The predicted molar refractivity (Wildman–Crippen MR) is 112 cm³/mol. The number of para-hydroxylation sites is 1. The predicted octanol–water partition coefficient (Wildman–Crippen LogP) is 4.99. The Morgan fingerprint density at radius 1 is 1.22 bits per heavy atom. The molecule has 3 aromatic rings. The molecule has 0 N–H and O–H groups in total. The van der Waals surface area contributed by atoms with Crippen LogP contribution in [0.25, 0.3) is 17.0 Å². The number of nitrogens with zero attached hydrogens (tertiary/aromatic N) is 3. The molecule has 1 heterocycles. The molecule has 3 rings (SSSR count). The Morgan fingerprint density at radius 2 is 1.96 bits per heavy atom. The second-order valence-electron chi connectivity index (χ2n) is 6.32. The summed E-state index contributed by atoms with van der Waals surface area (Å²) in [6.45, 7) is 1.18. The molecule has 1 amide bonds. The minimum Gasteiger partial charge on any atom is -0.346 e.